The van der Waals surface area contributed by atoms with Gasteiger partial charge in [0.15, 0.2) is 5.11 Å². The number of rotatable bonds is 6. The SMILES string of the molecule is COc1ccc(C)cc1[C@H](C)NC(=S)NCCc1ccccc1. The second-order valence-electron chi connectivity index (χ2n) is 5.60. The predicted octanol–water partition coefficient (Wildman–Crippen LogP) is 3.77. The lowest BCUT2D eigenvalue weighted by Crippen LogP contribution is -2.37. The lowest BCUT2D eigenvalue weighted by atomic mass is 10.0. The zero-order valence-electron chi connectivity index (χ0n) is 13.9. The Labute approximate surface area is 144 Å². The predicted molar refractivity (Wildman–Crippen MR) is 100 cm³/mol. The third-order valence-electron chi connectivity index (χ3n) is 3.74. The van der Waals surface area contributed by atoms with Gasteiger partial charge in [0.1, 0.15) is 5.75 Å². The first-order chi connectivity index (χ1) is 11.1. The molecule has 23 heavy (non-hydrogen) atoms. The summed E-state index contributed by atoms with van der Waals surface area (Å²) in [6.45, 7) is 4.97. The molecular weight excluding hydrogens is 304 g/mol. The van der Waals surface area contributed by atoms with Crippen molar-refractivity contribution in [3.63, 3.8) is 0 Å². The Morgan fingerprint density at radius 3 is 2.61 bits per heavy atom. The van der Waals surface area contributed by atoms with Crippen molar-refractivity contribution < 1.29 is 4.74 Å². The lowest BCUT2D eigenvalue weighted by Gasteiger charge is -2.20. The molecular formula is C19H24N2OS. The van der Waals surface area contributed by atoms with E-state index in [1.165, 1.54) is 11.1 Å². The van der Waals surface area contributed by atoms with Crippen LogP contribution in [0.15, 0.2) is 48.5 Å². The molecule has 0 radical (unpaired) electrons. The second-order valence-corrected chi connectivity index (χ2v) is 6.01. The Hall–Kier alpha value is -2.07. The van der Waals surface area contributed by atoms with Crippen molar-refractivity contribution in [1.82, 2.24) is 10.6 Å². The van der Waals surface area contributed by atoms with Crippen LogP contribution < -0.4 is 15.4 Å². The molecule has 0 aliphatic rings. The highest BCUT2D eigenvalue weighted by molar-refractivity contribution is 7.80. The van der Waals surface area contributed by atoms with Crippen LogP contribution in [0.1, 0.15) is 29.7 Å². The van der Waals surface area contributed by atoms with Gasteiger partial charge in [0, 0.05) is 12.1 Å². The number of hydrogen-bond donors (Lipinski definition) is 2. The topological polar surface area (TPSA) is 33.3 Å². The summed E-state index contributed by atoms with van der Waals surface area (Å²) in [7, 11) is 1.69. The smallest absolute Gasteiger partial charge is 0.166 e. The fourth-order valence-corrected chi connectivity index (χ4v) is 2.76. The van der Waals surface area contributed by atoms with E-state index in [4.69, 9.17) is 17.0 Å². The highest BCUT2D eigenvalue weighted by Crippen LogP contribution is 2.25. The lowest BCUT2D eigenvalue weighted by molar-refractivity contribution is 0.405. The molecule has 2 aromatic carbocycles. The molecule has 0 amide bonds. The Kier molecular flexibility index (Phi) is 6.41. The van der Waals surface area contributed by atoms with Gasteiger partial charge >= 0.3 is 0 Å². The largest absolute Gasteiger partial charge is 0.496 e. The molecule has 0 unspecified atom stereocenters. The maximum Gasteiger partial charge on any atom is 0.166 e. The Balaban J connectivity index is 1.86. The third kappa shape index (κ3) is 5.25. The Morgan fingerprint density at radius 2 is 1.91 bits per heavy atom. The van der Waals surface area contributed by atoms with Crippen molar-refractivity contribution in [3.05, 3.63) is 65.2 Å². The van der Waals surface area contributed by atoms with E-state index in [9.17, 15) is 0 Å². The molecule has 2 rings (SSSR count). The monoisotopic (exact) mass is 328 g/mol. The summed E-state index contributed by atoms with van der Waals surface area (Å²) >= 11 is 5.39. The van der Waals surface area contributed by atoms with Crippen molar-refractivity contribution in [1.29, 1.82) is 0 Å². The average molecular weight is 328 g/mol. The van der Waals surface area contributed by atoms with Crippen LogP contribution in [-0.2, 0) is 6.42 Å². The molecule has 1 atom stereocenters. The van der Waals surface area contributed by atoms with Crippen LogP contribution in [0, 0.1) is 6.92 Å². The van der Waals surface area contributed by atoms with Gasteiger partial charge in [-0.1, -0.05) is 48.0 Å². The van der Waals surface area contributed by atoms with Crippen LogP contribution in [0.4, 0.5) is 0 Å². The van der Waals surface area contributed by atoms with Gasteiger partial charge in [-0.3, -0.25) is 0 Å². The van der Waals surface area contributed by atoms with Crippen LogP contribution in [0.3, 0.4) is 0 Å². The molecule has 0 saturated heterocycles. The molecule has 0 aliphatic carbocycles. The molecule has 2 aromatic rings. The molecule has 0 aromatic heterocycles. The van der Waals surface area contributed by atoms with Crippen molar-refractivity contribution in [3.8, 4) is 5.75 Å². The van der Waals surface area contributed by atoms with Gasteiger partial charge in [0.2, 0.25) is 0 Å². The van der Waals surface area contributed by atoms with Gasteiger partial charge in [-0.2, -0.15) is 0 Å². The maximum atomic E-state index is 5.44. The van der Waals surface area contributed by atoms with Gasteiger partial charge in [0.25, 0.3) is 0 Å². The van der Waals surface area contributed by atoms with Gasteiger partial charge in [-0.05, 0) is 44.1 Å². The van der Waals surface area contributed by atoms with Crippen molar-refractivity contribution >= 4 is 17.3 Å². The molecule has 4 heteroatoms. The number of ether oxygens (including phenoxy) is 1. The zero-order chi connectivity index (χ0) is 16.7. The number of nitrogens with one attached hydrogen (secondary N) is 2. The van der Waals surface area contributed by atoms with E-state index in [2.05, 4.69) is 54.8 Å². The van der Waals surface area contributed by atoms with Gasteiger partial charge < -0.3 is 15.4 Å². The van der Waals surface area contributed by atoms with Gasteiger partial charge in [0.05, 0.1) is 13.2 Å². The first kappa shape index (κ1) is 17.3. The molecule has 0 bridgehead atoms. The third-order valence-corrected chi connectivity index (χ3v) is 4.00. The van der Waals surface area contributed by atoms with Crippen molar-refractivity contribution in [2.45, 2.75) is 26.3 Å². The molecule has 0 saturated carbocycles. The number of benzene rings is 2. The van der Waals surface area contributed by atoms with E-state index in [-0.39, 0.29) is 6.04 Å². The van der Waals surface area contributed by atoms with E-state index in [1.54, 1.807) is 7.11 Å². The summed E-state index contributed by atoms with van der Waals surface area (Å²) in [5.74, 6) is 0.877. The number of hydrogen-bond acceptors (Lipinski definition) is 2. The summed E-state index contributed by atoms with van der Waals surface area (Å²) in [6, 6.07) is 16.6. The molecule has 0 aliphatic heterocycles. The summed E-state index contributed by atoms with van der Waals surface area (Å²) in [4.78, 5) is 0. The zero-order valence-corrected chi connectivity index (χ0v) is 14.7. The van der Waals surface area contributed by atoms with Crippen LogP contribution in [0.2, 0.25) is 0 Å². The number of aryl methyl sites for hydroxylation is 1. The number of methoxy groups -OCH3 is 1. The minimum atomic E-state index is 0.0848. The van der Waals surface area contributed by atoms with E-state index < -0.39 is 0 Å². The highest BCUT2D eigenvalue weighted by Gasteiger charge is 2.12. The fraction of sp³-hybridized carbons (Fsp3) is 0.316. The minimum Gasteiger partial charge on any atom is -0.496 e. The Bertz CT molecular complexity index is 643. The number of thiocarbonyl (C=S) groups is 1. The molecule has 0 spiro atoms. The minimum absolute atomic E-state index is 0.0848. The molecule has 0 heterocycles. The van der Waals surface area contributed by atoms with Crippen molar-refractivity contribution in [2.75, 3.05) is 13.7 Å². The Morgan fingerprint density at radius 1 is 1.17 bits per heavy atom. The maximum absolute atomic E-state index is 5.44. The first-order valence-electron chi connectivity index (χ1n) is 7.83. The van der Waals surface area contributed by atoms with Crippen molar-refractivity contribution in [2.24, 2.45) is 0 Å². The van der Waals surface area contributed by atoms with E-state index in [1.807, 2.05) is 18.2 Å². The van der Waals surface area contributed by atoms with Gasteiger partial charge in [-0.15, -0.1) is 0 Å². The van der Waals surface area contributed by atoms with Crippen LogP contribution >= 0.6 is 12.2 Å². The average Bonchev–Trinajstić information content (AvgIpc) is 2.55. The summed E-state index contributed by atoms with van der Waals surface area (Å²) < 4.78 is 5.44. The quantitative estimate of drug-likeness (QED) is 0.791. The fourth-order valence-electron chi connectivity index (χ4n) is 2.48. The van der Waals surface area contributed by atoms with Crippen LogP contribution in [0.5, 0.6) is 5.75 Å². The second kappa shape index (κ2) is 8.53. The summed E-state index contributed by atoms with van der Waals surface area (Å²) in [6.07, 6.45) is 0.949. The normalized spacial score (nSPS) is 11.6. The van der Waals surface area contributed by atoms with Gasteiger partial charge in [-0.25, -0.2) is 0 Å². The molecule has 2 N–H and O–H groups in total. The molecule has 3 nitrogen and oxygen atoms in total. The van der Waals surface area contributed by atoms with Crippen LogP contribution in [-0.4, -0.2) is 18.8 Å². The molecule has 0 fully saturated rings. The summed E-state index contributed by atoms with van der Waals surface area (Å²) in [5.41, 5.74) is 3.62. The first-order valence-corrected chi connectivity index (χ1v) is 8.24. The van der Waals surface area contributed by atoms with E-state index in [0.717, 1.165) is 24.3 Å². The van der Waals surface area contributed by atoms with E-state index in [0.29, 0.717) is 5.11 Å². The highest BCUT2D eigenvalue weighted by atomic mass is 32.1. The van der Waals surface area contributed by atoms with Crippen LogP contribution in [0.25, 0.3) is 0 Å². The summed E-state index contributed by atoms with van der Waals surface area (Å²) in [5, 5.41) is 7.25. The van der Waals surface area contributed by atoms with E-state index >= 15 is 0 Å². The molecule has 122 valence electrons. The standard InChI is InChI=1S/C19H24N2OS/c1-14-9-10-18(22-3)17(13-14)15(2)21-19(23)20-12-11-16-7-5-4-6-8-16/h4-10,13,15H,11-12H2,1-3H3,(H2,20,21,23)/t15-/m0/s1.